The Morgan fingerprint density at radius 1 is 1.03 bits per heavy atom. The van der Waals surface area contributed by atoms with Gasteiger partial charge in [-0.15, -0.1) is 0 Å². The number of likely N-dealkylation sites (tertiary alicyclic amines) is 1. The number of piperidine rings is 1. The number of rotatable bonds is 5. The molecular formula is C24H23ClN6O4S. The average Bonchev–Trinajstić information content (AvgIpc) is 3.30. The molecule has 0 bridgehead atoms. The molecule has 0 spiro atoms. The number of nitrogens with zero attached hydrogens (tertiary/aromatic N) is 5. The molecule has 1 fully saturated rings. The minimum Gasteiger partial charge on any atom is -0.306 e. The van der Waals surface area contributed by atoms with Crippen molar-refractivity contribution in [1.29, 1.82) is 0 Å². The quantitative estimate of drug-likeness (QED) is 0.303. The van der Waals surface area contributed by atoms with Crippen LogP contribution >= 0.6 is 11.6 Å². The van der Waals surface area contributed by atoms with Crippen molar-refractivity contribution in [3.8, 4) is 11.3 Å². The number of nitrogens with two attached hydrogens (primary N) is 1. The Morgan fingerprint density at radius 3 is 2.47 bits per heavy atom. The SMILES string of the molecule is NN(OC(=O)N1CCCCC1)c1ncc(Cl)c(-c2cn(S(=O)(=O)c3ccccc3)c3ccccc23)n1. The van der Waals surface area contributed by atoms with Crippen molar-refractivity contribution in [3.63, 3.8) is 0 Å². The Bertz CT molecular complexity index is 1520. The summed E-state index contributed by atoms with van der Waals surface area (Å²) in [7, 11) is -3.90. The molecule has 4 aromatic rings. The molecule has 0 aliphatic carbocycles. The Morgan fingerprint density at radius 2 is 1.72 bits per heavy atom. The van der Waals surface area contributed by atoms with Gasteiger partial charge in [-0.25, -0.2) is 33.0 Å². The number of benzene rings is 2. The predicted molar refractivity (Wildman–Crippen MR) is 136 cm³/mol. The zero-order valence-corrected chi connectivity index (χ0v) is 20.7. The van der Waals surface area contributed by atoms with Gasteiger partial charge in [-0.2, -0.15) is 0 Å². The van der Waals surface area contributed by atoms with Gasteiger partial charge in [0.1, 0.15) is 0 Å². The summed E-state index contributed by atoms with van der Waals surface area (Å²) in [6.07, 6.45) is 5.06. The zero-order chi connectivity index (χ0) is 25.3. The molecule has 2 aromatic heterocycles. The van der Waals surface area contributed by atoms with Gasteiger partial charge in [0.05, 0.1) is 27.3 Å². The van der Waals surface area contributed by atoms with E-state index in [1.807, 2.05) is 0 Å². The van der Waals surface area contributed by atoms with Crippen LogP contribution < -0.4 is 11.0 Å². The van der Waals surface area contributed by atoms with Crippen molar-refractivity contribution in [2.75, 3.05) is 18.3 Å². The normalized spacial score (nSPS) is 14.1. The highest BCUT2D eigenvalue weighted by Crippen LogP contribution is 2.35. The second-order valence-corrected chi connectivity index (χ2v) is 10.5. The standard InChI is InChI=1S/C24H23ClN6O4S/c25-20-15-27-23(31(26)35-24(32)29-13-7-2-8-14-29)28-22(20)19-16-30(21-12-6-5-11-18(19)21)36(33,34)17-9-3-1-4-10-17/h1,3-6,9-12,15-16H,2,7-8,13-14,26H2. The van der Waals surface area contributed by atoms with Crippen LogP contribution in [-0.2, 0) is 14.9 Å². The lowest BCUT2D eigenvalue weighted by atomic mass is 10.1. The number of hydrazine groups is 1. The van der Waals surface area contributed by atoms with Crippen molar-refractivity contribution in [2.45, 2.75) is 24.2 Å². The zero-order valence-electron chi connectivity index (χ0n) is 19.1. The molecule has 10 nitrogen and oxygen atoms in total. The smallest absolute Gasteiger partial charge is 0.306 e. The Hall–Kier alpha value is -3.67. The van der Waals surface area contributed by atoms with Gasteiger partial charge in [-0.3, -0.25) is 0 Å². The van der Waals surface area contributed by atoms with Gasteiger partial charge in [0.2, 0.25) is 0 Å². The summed E-state index contributed by atoms with van der Waals surface area (Å²) in [6, 6.07) is 15.1. The van der Waals surface area contributed by atoms with Crippen molar-refractivity contribution in [2.24, 2.45) is 5.84 Å². The number of hydrogen-bond acceptors (Lipinski definition) is 8. The molecule has 1 amide bonds. The first kappa shape index (κ1) is 24.0. The van der Waals surface area contributed by atoms with Crippen molar-refractivity contribution < 1.29 is 18.0 Å². The maximum Gasteiger partial charge on any atom is 0.435 e. The van der Waals surface area contributed by atoms with Gasteiger partial charge in [0.25, 0.3) is 16.0 Å². The van der Waals surface area contributed by atoms with Gasteiger partial charge in [0, 0.05) is 30.2 Å². The van der Waals surface area contributed by atoms with Gasteiger partial charge in [-0.05, 0) is 37.5 Å². The first-order valence-electron chi connectivity index (χ1n) is 11.3. The molecular weight excluding hydrogens is 504 g/mol. The highest BCUT2D eigenvalue weighted by Gasteiger charge is 2.25. The molecule has 1 saturated heterocycles. The highest BCUT2D eigenvalue weighted by molar-refractivity contribution is 7.90. The summed E-state index contributed by atoms with van der Waals surface area (Å²) < 4.78 is 28.1. The van der Waals surface area contributed by atoms with Crippen LogP contribution in [0.1, 0.15) is 19.3 Å². The van der Waals surface area contributed by atoms with E-state index in [0.29, 0.717) is 34.7 Å². The lowest BCUT2D eigenvalue weighted by Gasteiger charge is -2.27. The van der Waals surface area contributed by atoms with Gasteiger partial charge >= 0.3 is 6.09 Å². The predicted octanol–water partition coefficient (Wildman–Crippen LogP) is 4.21. The van der Waals surface area contributed by atoms with E-state index in [1.165, 1.54) is 28.5 Å². The van der Waals surface area contributed by atoms with Gasteiger partial charge in [-0.1, -0.05) is 53.2 Å². The first-order chi connectivity index (χ1) is 17.4. The van der Waals surface area contributed by atoms with Crippen molar-refractivity contribution >= 4 is 44.6 Å². The lowest BCUT2D eigenvalue weighted by Crippen LogP contribution is -2.43. The third kappa shape index (κ3) is 4.48. The molecule has 0 saturated carbocycles. The fourth-order valence-corrected chi connectivity index (χ4v) is 5.74. The summed E-state index contributed by atoms with van der Waals surface area (Å²) in [6.45, 7) is 1.18. The molecule has 1 aliphatic rings. The molecule has 186 valence electrons. The van der Waals surface area contributed by atoms with Crippen LogP contribution in [0, 0.1) is 0 Å². The van der Waals surface area contributed by atoms with Gasteiger partial charge in [0.15, 0.2) is 0 Å². The highest BCUT2D eigenvalue weighted by atomic mass is 35.5. The number of carbonyl (C=O) groups excluding carboxylic acids is 1. The van der Waals surface area contributed by atoms with Crippen LogP contribution in [0.4, 0.5) is 10.7 Å². The first-order valence-corrected chi connectivity index (χ1v) is 13.1. The number of hydrogen-bond donors (Lipinski definition) is 1. The molecule has 2 aromatic carbocycles. The number of para-hydroxylation sites is 1. The number of fused-ring (bicyclic) bond motifs is 1. The number of amides is 1. The molecule has 36 heavy (non-hydrogen) atoms. The molecule has 0 atom stereocenters. The molecule has 12 heteroatoms. The van der Waals surface area contributed by atoms with Gasteiger partial charge < -0.3 is 9.74 Å². The third-order valence-electron chi connectivity index (χ3n) is 5.95. The van der Waals surface area contributed by atoms with E-state index in [2.05, 4.69) is 9.97 Å². The van der Waals surface area contributed by atoms with Crippen LogP contribution in [0.2, 0.25) is 5.02 Å². The van der Waals surface area contributed by atoms with E-state index in [4.69, 9.17) is 22.3 Å². The second-order valence-electron chi connectivity index (χ2n) is 8.27. The van der Waals surface area contributed by atoms with Crippen LogP contribution in [0.3, 0.4) is 0 Å². The molecule has 2 N–H and O–H groups in total. The maximum absolute atomic E-state index is 13.4. The Kier molecular flexibility index (Phi) is 6.52. The number of halogens is 1. The molecule has 0 radical (unpaired) electrons. The summed E-state index contributed by atoms with van der Waals surface area (Å²) in [4.78, 5) is 27.9. The van der Waals surface area contributed by atoms with Crippen LogP contribution in [0.25, 0.3) is 22.2 Å². The third-order valence-corrected chi connectivity index (χ3v) is 7.92. The second kappa shape index (κ2) is 9.76. The van der Waals surface area contributed by atoms with E-state index in [9.17, 15) is 13.2 Å². The van der Waals surface area contributed by atoms with Crippen molar-refractivity contribution in [1.82, 2.24) is 18.8 Å². The number of anilines is 1. The number of aromatic nitrogens is 3. The molecule has 1 aliphatic heterocycles. The van der Waals surface area contributed by atoms with E-state index in [0.717, 1.165) is 19.3 Å². The van der Waals surface area contributed by atoms with E-state index < -0.39 is 16.1 Å². The monoisotopic (exact) mass is 526 g/mol. The van der Waals surface area contributed by atoms with Crippen LogP contribution in [-0.4, -0.2) is 46.4 Å². The molecule has 3 heterocycles. The van der Waals surface area contributed by atoms with E-state index in [1.54, 1.807) is 47.4 Å². The largest absolute Gasteiger partial charge is 0.435 e. The van der Waals surface area contributed by atoms with Crippen LogP contribution in [0.15, 0.2) is 71.9 Å². The summed E-state index contributed by atoms with van der Waals surface area (Å²) >= 11 is 6.44. The minimum atomic E-state index is -3.90. The fraction of sp³-hybridized carbons (Fsp3) is 0.208. The van der Waals surface area contributed by atoms with E-state index >= 15 is 0 Å². The van der Waals surface area contributed by atoms with Crippen LogP contribution in [0.5, 0.6) is 0 Å². The fourth-order valence-electron chi connectivity index (χ4n) is 4.16. The Labute approximate surface area is 212 Å². The summed E-state index contributed by atoms with van der Waals surface area (Å²) in [5.74, 6) is 5.85. The summed E-state index contributed by atoms with van der Waals surface area (Å²) in [5.41, 5.74) is 1.15. The topological polar surface area (TPSA) is 124 Å². The summed E-state index contributed by atoms with van der Waals surface area (Å²) in [5, 5.41) is 1.48. The average molecular weight is 527 g/mol. The maximum atomic E-state index is 13.4. The Balaban J connectivity index is 1.54. The molecule has 5 rings (SSSR count). The molecule has 0 unspecified atom stereocenters. The number of carbonyl (C=O) groups is 1. The lowest BCUT2D eigenvalue weighted by molar-refractivity contribution is 0.0830. The minimum absolute atomic E-state index is 0.109. The van der Waals surface area contributed by atoms with E-state index in [-0.39, 0.29) is 21.6 Å². The van der Waals surface area contributed by atoms with Crippen molar-refractivity contribution in [3.05, 3.63) is 72.0 Å².